The van der Waals surface area contributed by atoms with E-state index >= 15 is 0 Å². The van der Waals surface area contributed by atoms with E-state index in [9.17, 15) is 9.59 Å². The topological polar surface area (TPSA) is 61.9 Å². The van der Waals surface area contributed by atoms with Crippen molar-refractivity contribution in [2.24, 2.45) is 0 Å². The average molecular weight is 339 g/mol. The Bertz CT molecular complexity index is 806. The summed E-state index contributed by atoms with van der Waals surface area (Å²) in [6.07, 6.45) is -0.434. The van der Waals surface area contributed by atoms with Crippen LogP contribution in [-0.2, 0) is 4.79 Å². The Labute approximate surface area is 147 Å². The van der Waals surface area contributed by atoms with Crippen LogP contribution in [0.4, 0.5) is 5.69 Å². The number of hydrogen-bond donors (Lipinski definition) is 1. The third kappa shape index (κ3) is 2.91. The highest BCUT2D eigenvalue weighted by molar-refractivity contribution is 6.02. The van der Waals surface area contributed by atoms with Gasteiger partial charge in [0, 0.05) is 19.7 Å². The SMILES string of the molecule is CNC(=O)CN1c2ccccc2C(=O)N(C)C1c1ccccc1OC. The lowest BCUT2D eigenvalue weighted by Crippen LogP contribution is -2.50. The molecule has 2 aromatic rings. The molecule has 0 radical (unpaired) electrons. The monoisotopic (exact) mass is 339 g/mol. The Morgan fingerprint density at radius 1 is 1.16 bits per heavy atom. The second-order valence-electron chi connectivity index (χ2n) is 5.85. The number of carbonyl (C=O) groups excluding carboxylic acids is 2. The van der Waals surface area contributed by atoms with Crippen molar-refractivity contribution >= 4 is 17.5 Å². The van der Waals surface area contributed by atoms with Crippen molar-refractivity contribution < 1.29 is 14.3 Å². The lowest BCUT2D eigenvalue weighted by molar-refractivity contribution is -0.119. The molecule has 2 aromatic carbocycles. The second-order valence-corrected chi connectivity index (χ2v) is 5.85. The van der Waals surface area contributed by atoms with Crippen LogP contribution in [0.3, 0.4) is 0 Å². The van der Waals surface area contributed by atoms with E-state index in [0.717, 1.165) is 11.3 Å². The number of carbonyl (C=O) groups is 2. The molecule has 1 heterocycles. The molecule has 1 unspecified atom stereocenters. The van der Waals surface area contributed by atoms with Crippen LogP contribution >= 0.6 is 0 Å². The number of likely N-dealkylation sites (N-methyl/N-ethyl adjacent to an activating group) is 1. The number of nitrogens with one attached hydrogen (secondary N) is 1. The zero-order valence-corrected chi connectivity index (χ0v) is 14.5. The Balaban J connectivity index is 2.17. The molecule has 1 atom stereocenters. The van der Waals surface area contributed by atoms with Gasteiger partial charge in [-0.1, -0.05) is 30.3 Å². The number of amides is 2. The fraction of sp³-hybridized carbons (Fsp3) is 0.263. The van der Waals surface area contributed by atoms with Crippen LogP contribution in [0.1, 0.15) is 22.1 Å². The molecule has 1 N–H and O–H groups in total. The maximum absolute atomic E-state index is 12.9. The summed E-state index contributed by atoms with van der Waals surface area (Å²) in [5, 5.41) is 2.65. The van der Waals surface area contributed by atoms with Crippen LogP contribution in [0.15, 0.2) is 48.5 Å². The first-order valence-corrected chi connectivity index (χ1v) is 8.04. The molecular formula is C19H21N3O3. The Morgan fingerprint density at radius 3 is 2.56 bits per heavy atom. The maximum atomic E-state index is 12.9. The molecule has 2 amide bonds. The van der Waals surface area contributed by atoms with Gasteiger partial charge >= 0.3 is 0 Å². The van der Waals surface area contributed by atoms with Crippen molar-refractivity contribution in [3.8, 4) is 5.75 Å². The van der Waals surface area contributed by atoms with E-state index < -0.39 is 6.17 Å². The smallest absolute Gasteiger partial charge is 0.257 e. The molecule has 1 aliphatic heterocycles. The first kappa shape index (κ1) is 16.8. The number of ether oxygens (including phenoxy) is 1. The van der Waals surface area contributed by atoms with Gasteiger partial charge in [0.05, 0.1) is 24.9 Å². The molecule has 3 rings (SSSR count). The number of methoxy groups -OCH3 is 1. The van der Waals surface area contributed by atoms with Crippen molar-refractivity contribution in [3.05, 3.63) is 59.7 Å². The van der Waals surface area contributed by atoms with Crippen molar-refractivity contribution in [1.29, 1.82) is 0 Å². The highest BCUT2D eigenvalue weighted by atomic mass is 16.5. The normalized spacial score (nSPS) is 16.4. The van der Waals surface area contributed by atoms with E-state index in [4.69, 9.17) is 4.74 Å². The molecule has 0 spiro atoms. The summed E-state index contributed by atoms with van der Waals surface area (Å²) in [7, 11) is 4.94. The lowest BCUT2D eigenvalue weighted by atomic mass is 10.0. The summed E-state index contributed by atoms with van der Waals surface area (Å²) in [5.74, 6) is 0.463. The largest absolute Gasteiger partial charge is 0.496 e. The van der Waals surface area contributed by atoms with Crippen molar-refractivity contribution in [2.45, 2.75) is 6.17 Å². The van der Waals surface area contributed by atoms with E-state index in [1.54, 1.807) is 32.2 Å². The number of nitrogens with zero attached hydrogens (tertiary/aromatic N) is 2. The minimum Gasteiger partial charge on any atom is -0.496 e. The van der Waals surface area contributed by atoms with Crippen LogP contribution in [0.2, 0.25) is 0 Å². The number of hydrogen-bond acceptors (Lipinski definition) is 4. The van der Waals surface area contributed by atoms with E-state index in [1.807, 2.05) is 47.4 Å². The Hall–Kier alpha value is -3.02. The van der Waals surface area contributed by atoms with Gasteiger partial charge in [-0.15, -0.1) is 0 Å². The number of anilines is 1. The van der Waals surface area contributed by atoms with Crippen molar-refractivity contribution in [3.63, 3.8) is 0 Å². The molecule has 0 saturated heterocycles. The standard InChI is InChI=1S/C19H21N3O3/c1-20-17(23)12-22-15-10-6-4-8-13(15)19(24)21(2)18(22)14-9-5-7-11-16(14)25-3/h4-11,18H,12H2,1-3H3,(H,20,23). The Kier molecular flexibility index (Phi) is 4.61. The van der Waals surface area contributed by atoms with Gasteiger partial charge in [0.25, 0.3) is 5.91 Å². The third-order valence-corrected chi connectivity index (χ3v) is 4.44. The third-order valence-electron chi connectivity index (χ3n) is 4.44. The molecule has 0 aliphatic carbocycles. The van der Waals surface area contributed by atoms with E-state index in [1.165, 1.54) is 0 Å². The van der Waals surface area contributed by atoms with E-state index in [0.29, 0.717) is 11.3 Å². The van der Waals surface area contributed by atoms with E-state index in [-0.39, 0.29) is 18.4 Å². The van der Waals surface area contributed by atoms with Gasteiger partial charge < -0.3 is 19.9 Å². The summed E-state index contributed by atoms with van der Waals surface area (Å²) >= 11 is 0. The van der Waals surface area contributed by atoms with Crippen LogP contribution < -0.4 is 15.0 Å². The first-order chi connectivity index (χ1) is 12.1. The molecule has 0 fully saturated rings. The van der Waals surface area contributed by atoms with Crippen molar-refractivity contribution in [1.82, 2.24) is 10.2 Å². The molecule has 0 saturated carbocycles. The molecule has 25 heavy (non-hydrogen) atoms. The fourth-order valence-electron chi connectivity index (χ4n) is 3.21. The average Bonchev–Trinajstić information content (AvgIpc) is 2.66. The summed E-state index contributed by atoms with van der Waals surface area (Å²) in [6, 6.07) is 14.9. The summed E-state index contributed by atoms with van der Waals surface area (Å²) in [6.45, 7) is 0.133. The zero-order valence-electron chi connectivity index (χ0n) is 14.5. The fourth-order valence-corrected chi connectivity index (χ4v) is 3.21. The highest BCUT2D eigenvalue weighted by Crippen LogP contribution is 2.40. The summed E-state index contributed by atoms with van der Waals surface area (Å²) in [5.41, 5.74) is 2.16. The number of rotatable bonds is 4. The minimum absolute atomic E-state index is 0.0836. The van der Waals surface area contributed by atoms with Gasteiger partial charge in [0.2, 0.25) is 5.91 Å². The Morgan fingerprint density at radius 2 is 1.84 bits per heavy atom. The number of fused-ring (bicyclic) bond motifs is 1. The van der Waals surface area contributed by atoms with Crippen LogP contribution in [0, 0.1) is 0 Å². The van der Waals surface area contributed by atoms with Gasteiger partial charge in [-0.25, -0.2) is 0 Å². The summed E-state index contributed by atoms with van der Waals surface area (Å²) in [4.78, 5) is 28.5. The molecule has 0 bridgehead atoms. The first-order valence-electron chi connectivity index (χ1n) is 8.04. The quantitative estimate of drug-likeness (QED) is 0.926. The summed E-state index contributed by atoms with van der Waals surface area (Å²) < 4.78 is 5.48. The van der Waals surface area contributed by atoms with Crippen LogP contribution in [0.5, 0.6) is 5.75 Å². The van der Waals surface area contributed by atoms with Crippen LogP contribution in [0.25, 0.3) is 0 Å². The maximum Gasteiger partial charge on any atom is 0.257 e. The molecule has 1 aliphatic rings. The van der Waals surface area contributed by atoms with Gasteiger partial charge in [0.15, 0.2) is 0 Å². The van der Waals surface area contributed by atoms with Gasteiger partial charge in [0.1, 0.15) is 11.9 Å². The molecule has 6 nitrogen and oxygen atoms in total. The van der Waals surface area contributed by atoms with Crippen molar-refractivity contribution in [2.75, 3.05) is 32.6 Å². The molecule has 130 valence electrons. The lowest BCUT2D eigenvalue weighted by Gasteiger charge is -2.44. The van der Waals surface area contributed by atoms with Gasteiger partial charge in [-0.05, 0) is 18.2 Å². The number of benzene rings is 2. The molecular weight excluding hydrogens is 318 g/mol. The molecule has 0 aromatic heterocycles. The number of para-hydroxylation sites is 2. The van der Waals surface area contributed by atoms with Crippen LogP contribution in [-0.4, -0.2) is 44.5 Å². The van der Waals surface area contributed by atoms with Gasteiger partial charge in [-0.2, -0.15) is 0 Å². The predicted molar refractivity (Wildman–Crippen MR) is 95.7 cm³/mol. The minimum atomic E-state index is -0.434. The predicted octanol–water partition coefficient (Wildman–Crippen LogP) is 2.03. The second kappa shape index (κ2) is 6.84. The zero-order chi connectivity index (χ0) is 18.0. The highest BCUT2D eigenvalue weighted by Gasteiger charge is 2.38. The molecule has 6 heteroatoms. The van der Waals surface area contributed by atoms with E-state index in [2.05, 4.69) is 5.32 Å². The van der Waals surface area contributed by atoms with Gasteiger partial charge in [-0.3, -0.25) is 9.59 Å².